The van der Waals surface area contributed by atoms with Gasteiger partial charge in [0.2, 0.25) is 0 Å². The van der Waals surface area contributed by atoms with Crippen LogP contribution in [-0.4, -0.2) is 40.9 Å². The van der Waals surface area contributed by atoms with Crippen molar-refractivity contribution in [3.8, 4) is 5.75 Å². The summed E-state index contributed by atoms with van der Waals surface area (Å²) in [6.45, 7) is 4.24. The van der Waals surface area contributed by atoms with Crippen LogP contribution < -0.4 is 0 Å². The van der Waals surface area contributed by atoms with Gasteiger partial charge in [-0.3, -0.25) is 4.90 Å². The molecule has 1 aliphatic heterocycles. The summed E-state index contributed by atoms with van der Waals surface area (Å²) in [5.41, 5.74) is 2.52. The molecule has 3 nitrogen and oxygen atoms in total. The first-order chi connectivity index (χ1) is 8.74. The molecular weight excluding hydrogens is 226 g/mol. The summed E-state index contributed by atoms with van der Waals surface area (Å²) in [6.07, 6.45) is 4.22. The molecule has 0 saturated carbocycles. The Balaban J connectivity index is 2.04. The molecule has 2 N–H and O–H groups in total. The fourth-order valence-electron chi connectivity index (χ4n) is 2.46. The molecule has 0 saturated heterocycles. The Labute approximate surface area is 108 Å². The first-order valence-electron chi connectivity index (χ1n) is 6.58. The number of aliphatic hydroxyl groups excluding tert-OH is 1. The van der Waals surface area contributed by atoms with Gasteiger partial charge in [0.1, 0.15) is 5.75 Å². The molecule has 1 aromatic carbocycles. The largest absolute Gasteiger partial charge is 0.508 e. The number of nitrogens with zero attached hydrogens (tertiary/aromatic N) is 1. The zero-order chi connectivity index (χ0) is 13.0. The van der Waals surface area contributed by atoms with E-state index in [0.29, 0.717) is 5.75 Å². The third kappa shape index (κ3) is 2.92. The SMILES string of the molecule is CCC(CO)N1CC=C(c2ccc(O)cc2)CC1. The Morgan fingerprint density at radius 1 is 1.28 bits per heavy atom. The summed E-state index contributed by atoms with van der Waals surface area (Å²) in [5.74, 6) is 0.308. The molecule has 0 aliphatic carbocycles. The molecule has 98 valence electrons. The highest BCUT2D eigenvalue weighted by Gasteiger charge is 2.19. The highest BCUT2D eigenvalue weighted by atomic mass is 16.3. The summed E-state index contributed by atoms with van der Waals surface area (Å²) < 4.78 is 0. The Kier molecular flexibility index (Phi) is 4.39. The van der Waals surface area contributed by atoms with Gasteiger partial charge < -0.3 is 10.2 Å². The average molecular weight is 247 g/mol. The lowest BCUT2D eigenvalue weighted by atomic mass is 9.98. The summed E-state index contributed by atoms with van der Waals surface area (Å²) in [5, 5.41) is 18.6. The van der Waals surface area contributed by atoms with Crippen molar-refractivity contribution in [3.05, 3.63) is 35.9 Å². The smallest absolute Gasteiger partial charge is 0.115 e. The number of hydrogen-bond donors (Lipinski definition) is 2. The van der Waals surface area contributed by atoms with Crippen LogP contribution in [0.5, 0.6) is 5.75 Å². The van der Waals surface area contributed by atoms with Crippen molar-refractivity contribution in [2.75, 3.05) is 19.7 Å². The van der Waals surface area contributed by atoms with E-state index >= 15 is 0 Å². The molecule has 1 unspecified atom stereocenters. The maximum absolute atomic E-state index is 9.30. The van der Waals surface area contributed by atoms with Crippen molar-refractivity contribution in [2.24, 2.45) is 0 Å². The van der Waals surface area contributed by atoms with Crippen molar-refractivity contribution >= 4 is 5.57 Å². The molecule has 0 bridgehead atoms. The van der Waals surface area contributed by atoms with Crippen molar-refractivity contribution in [1.82, 2.24) is 4.90 Å². The van der Waals surface area contributed by atoms with Crippen LogP contribution >= 0.6 is 0 Å². The molecule has 1 atom stereocenters. The fourth-order valence-corrected chi connectivity index (χ4v) is 2.46. The second-order valence-electron chi connectivity index (χ2n) is 4.77. The molecule has 18 heavy (non-hydrogen) atoms. The van der Waals surface area contributed by atoms with Gasteiger partial charge >= 0.3 is 0 Å². The van der Waals surface area contributed by atoms with Gasteiger partial charge in [0.05, 0.1) is 6.61 Å². The molecule has 2 rings (SSSR count). The molecule has 1 aliphatic rings. The van der Waals surface area contributed by atoms with Crippen molar-refractivity contribution < 1.29 is 10.2 Å². The van der Waals surface area contributed by atoms with E-state index < -0.39 is 0 Å². The zero-order valence-corrected chi connectivity index (χ0v) is 10.8. The van der Waals surface area contributed by atoms with E-state index in [2.05, 4.69) is 17.9 Å². The number of benzene rings is 1. The number of rotatable bonds is 4. The third-order valence-corrected chi connectivity index (χ3v) is 3.68. The van der Waals surface area contributed by atoms with Crippen LogP contribution in [-0.2, 0) is 0 Å². The Morgan fingerprint density at radius 2 is 2.00 bits per heavy atom. The van der Waals surface area contributed by atoms with Gasteiger partial charge in [0.25, 0.3) is 0 Å². The number of hydrogen-bond acceptors (Lipinski definition) is 3. The predicted octanol–water partition coefficient (Wildman–Crippen LogP) is 2.25. The highest BCUT2D eigenvalue weighted by Crippen LogP contribution is 2.25. The highest BCUT2D eigenvalue weighted by molar-refractivity contribution is 5.67. The van der Waals surface area contributed by atoms with Crippen LogP contribution in [0, 0.1) is 0 Å². The lowest BCUT2D eigenvalue weighted by Crippen LogP contribution is -2.40. The predicted molar refractivity (Wildman–Crippen MR) is 73.4 cm³/mol. The van der Waals surface area contributed by atoms with E-state index in [4.69, 9.17) is 0 Å². The van der Waals surface area contributed by atoms with Gasteiger partial charge in [-0.2, -0.15) is 0 Å². The lowest BCUT2D eigenvalue weighted by molar-refractivity contribution is 0.130. The standard InChI is InChI=1S/C15H21NO2/c1-2-14(11-17)16-9-7-13(8-10-16)12-3-5-15(18)6-4-12/h3-7,14,17-18H,2,8-11H2,1H3. The maximum Gasteiger partial charge on any atom is 0.115 e. The van der Waals surface area contributed by atoms with Crippen LogP contribution in [0.25, 0.3) is 5.57 Å². The fraction of sp³-hybridized carbons (Fsp3) is 0.467. The molecule has 0 radical (unpaired) electrons. The molecule has 3 heteroatoms. The third-order valence-electron chi connectivity index (χ3n) is 3.68. The van der Waals surface area contributed by atoms with Crippen molar-refractivity contribution in [1.29, 1.82) is 0 Å². The van der Waals surface area contributed by atoms with Crippen LogP contribution in [0.1, 0.15) is 25.3 Å². The molecule has 0 aromatic heterocycles. The number of aromatic hydroxyl groups is 1. The van der Waals surface area contributed by atoms with Gasteiger partial charge in [-0.15, -0.1) is 0 Å². The summed E-state index contributed by atoms with van der Waals surface area (Å²) >= 11 is 0. The molecule has 0 fully saturated rings. The van der Waals surface area contributed by atoms with Crippen LogP contribution in [0.4, 0.5) is 0 Å². The Morgan fingerprint density at radius 3 is 2.50 bits per heavy atom. The molecule has 1 heterocycles. The van der Waals surface area contributed by atoms with Gasteiger partial charge in [0, 0.05) is 19.1 Å². The summed E-state index contributed by atoms with van der Waals surface area (Å²) in [7, 11) is 0. The van der Waals surface area contributed by atoms with Gasteiger partial charge in [-0.25, -0.2) is 0 Å². The second-order valence-corrected chi connectivity index (χ2v) is 4.77. The van der Waals surface area contributed by atoms with Gasteiger partial charge in [-0.05, 0) is 36.1 Å². The molecule has 0 spiro atoms. The average Bonchev–Trinajstić information content (AvgIpc) is 2.42. The lowest BCUT2D eigenvalue weighted by Gasteiger charge is -2.32. The molecular formula is C15H21NO2. The molecule has 0 amide bonds. The quantitative estimate of drug-likeness (QED) is 0.857. The second kappa shape index (κ2) is 6.03. The van der Waals surface area contributed by atoms with Gasteiger partial charge in [-0.1, -0.05) is 25.1 Å². The van der Waals surface area contributed by atoms with Gasteiger partial charge in [0.15, 0.2) is 0 Å². The van der Waals surface area contributed by atoms with E-state index in [9.17, 15) is 10.2 Å². The van der Waals surface area contributed by atoms with E-state index in [1.54, 1.807) is 12.1 Å². The first kappa shape index (κ1) is 13.1. The van der Waals surface area contributed by atoms with E-state index in [-0.39, 0.29) is 12.6 Å². The molecule has 1 aromatic rings. The van der Waals surface area contributed by atoms with Crippen LogP contribution in [0.3, 0.4) is 0 Å². The number of aliphatic hydroxyl groups is 1. The van der Waals surface area contributed by atoms with E-state index in [1.165, 1.54) is 11.1 Å². The Hall–Kier alpha value is -1.32. The van der Waals surface area contributed by atoms with Crippen LogP contribution in [0.2, 0.25) is 0 Å². The number of phenols is 1. The first-order valence-corrected chi connectivity index (χ1v) is 6.58. The van der Waals surface area contributed by atoms with Crippen molar-refractivity contribution in [2.45, 2.75) is 25.8 Å². The zero-order valence-electron chi connectivity index (χ0n) is 10.8. The summed E-state index contributed by atoms with van der Waals surface area (Å²) in [4.78, 5) is 2.32. The summed E-state index contributed by atoms with van der Waals surface area (Å²) in [6, 6.07) is 7.65. The normalized spacial score (nSPS) is 18.4. The van der Waals surface area contributed by atoms with Crippen molar-refractivity contribution in [3.63, 3.8) is 0 Å². The minimum Gasteiger partial charge on any atom is -0.508 e. The number of phenolic OH excluding ortho intramolecular Hbond substituents is 1. The van der Waals surface area contributed by atoms with E-state index in [1.807, 2.05) is 12.1 Å². The maximum atomic E-state index is 9.30. The van der Waals surface area contributed by atoms with E-state index in [0.717, 1.165) is 25.9 Å². The Bertz CT molecular complexity index is 407. The topological polar surface area (TPSA) is 43.7 Å². The van der Waals surface area contributed by atoms with Crippen LogP contribution in [0.15, 0.2) is 30.3 Å². The minimum atomic E-state index is 0.235. The minimum absolute atomic E-state index is 0.235. The monoisotopic (exact) mass is 247 g/mol.